The number of alkyl halides is 1. The second-order valence-corrected chi connectivity index (χ2v) is 4.66. The van der Waals surface area contributed by atoms with E-state index in [-0.39, 0.29) is 6.10 Å². The number of rotatable bonds is 6. The van der Waals surface area contributed by atoms with E-state index in [1.165, 1.54) is 0 Å². The molecule has 0 bridgehead atoms. The SMILES string of the molecule is Cc1nc(N(C)CCOC(C)C)ccc1CCl. The lowest BCUT2D eigenvalue weighted by atomic mass is 10.2. The summed E-state index contributed by atoms with van der Waals surface area (Å²) in [5, 5.41) is 0. The van der Waals surface area contributed by atoms with Gasteiger partial charge in [-0.05, 0) is 32.4 Å². The van der Waals surface area contributed by atoms with Crippen LogP contribution in [0.1, 0.15) is 25.1 Å². The first kappa shape index (κ1) is 14.3. The van der Waals surface area contributed by atoms with Crippen molar-refractivity contribution in [3.8, 4) is 0 Å². The molecule has 0 saturated heterocycles. The van der Waals surface area contributed by atoms with Gasteiger partial charge in [-0.2, -0.15) is 0 Å². The van der Waals surface area contributed by atoms with Gasteiger partial charge in [0.05, 0.1) is 12.7 Å². The molecule has 0 aromatic carbocycles. The summed E-state index contributed by atoms with van der Waals surface area (Å²) in [5.74, 6) is 1.47. The van der Waals surface area contributed by atoms with Gasteiger partial charge in [-0.1, -0.05) is 6.07 Å². The molecule has 1 heterocycles. The molecule has 4 heteroatoms. The minimum Gasteiger partial charge on any atom is -0.377 e. The molecule has 96 valence electrons. The smallest absolute Gasteiger partial charge is 0.128 e. The van der Waals surface area contributed by atoms with Crippen LogP contribution in [0.4, 0.5) is 5.82 Å². The van der Waals surface area contributed by atoms with Gasteiger partial charge in [0.2, 0.25) is 0 Å². The Kier molecular flexibility index (Phi) is 5.72. The predicted octanol–water partition coefficient (Wildman–Crippen LogP) is 2.99. The lowest BCUT2D eigenvalue weighted by Gasteiger charge is -2.19. The highest BCUT2D eigenvalue weighted by Crippen LogP contribution is 2.15. The second-order valence-electron chi connectivity index (χ2n) is 4.39. The lowest BCUT2D eigenvalue weighted by Crippen LogP contribution is -2.25. The number of likely N-dealkylation sites (N-methyl/N-ethyl adjacent to an activating group) is 1. The van der Waals surface area contributed by atoms with Crippen LogP contribution in [0.3, 0.4) is 0 Å². The summed E-state index contributed by atoms with van der Waals surface area (Å²) in [4.78, 5) is 6.62. The fraction of sp³-hybridized carbons (Fsp3) is 0.615. The molecule has 17 heavy (non-hydrogen) atoms. The van der Waals surface area contributed by atoms with Crippen molar-refractivity contribution < 1.29 is 4.74 Å². The highest BCUT2D eigenvalue weighted by atomic mass is 35.5. The molecule has 0 aliphatic heterocycles. The van der Waals surface area contributed by atoms with Gasteiger partial charge in [-0.15, -0.1) is 11.6 Å². The molecule has 1 aromatic heterocycles. The number of hydrogen-bond acceptors (Lipinski definition) is 3. The molecule has 0 N–H and O–H groups in total. The average molecular weight is 257 g/mol. The van der Waals surface area contributed by atoms with Crippen molar-refractivity contribution in [3.63, 3.8) is 0 Å². The summed E-state index contributed by atoms with van der Waals surface area (Å²) in [6.07, 6.45) is 0.275. The van der Waals surface area contributed by atoms with Crippen molar-refractivity contribution in [1.29, 1.82) is 0 Å². The van der Waals surface area contributed by atoms with Crippen LogP contribution in [0.5, 0.6) is 0 Å². The van der Waals surface area contributed by atoms with Gasteiger partial charge >= 0.3 is 0 Å². The van der Waals surface area contributed by atoms with Gasteiger partial charge in [-0.25, -0.2) is 4.98 Å². The highest BCUT2D eigenvalue weighted by molar-refractivity contribution is 6.17. The summed E-state index contributed by atoms with van der Waals surface area (Å²) >= 11 is 5.81. The van der Waals surface area contributed by atoms with Gasteiger partial charge in [-0.3, -0.25) is 0 Å². The zero-order chi connectivity index (χ0) is 12.8. The molecule has 1 rings (SSSR count). The van der Waals surface area contributed by atoms with E-state index in [4.69, 9.17) is 16.3 Å². The van der Waals surface area contributed by atoms with Gasteiger partial charge in [0.1, 0.15) is 5.82 Å². The Labute approximate surface area is 109 Å². The number of anilines is 1. The monoisotopic (exact) mass is 256 g/mol. The zero-order valence-electron chi connectivity index (χ0n) is 11.0. The Morgan fingerprint density at radius 2 is 2.12 bits per heavy atom. The summed E-state index contributed by atoms with van der Waals surface area (Å²) in [5.41, 5.74) is 2.08. The topological polar surface area (TPSA) is 25.4 Å². The molecule has 0 atom stereocenters. The fourth-order valence-corrected chi connectivity index (χ4v) is 1.75. The van der Waals surface area contributed by atoms with Crippen molar-refractivity contribution in [2.45, 2.75) is 32.8 Å². The Balaban J connectivity index is 2.57. The second kappa shape index (κ2) is 6.82. The first-order valence-electron chi connectivity index (χ1n) is 5.89. The number of halogens is 1. The van der Waals surface area contributed by atoms with E-state index in [0.29, 0.717) is 12.5 Å². The van der Waals surface area contributed by atoms with E-state index in [9.17, 15) is 0 Å². The number of hydrogen-bond donors (Lipinski definition) is 0. The van der Waals surface area contributed by atoms with Crippen molar-refractivity contribution in [2.75, 3.05) is 25.1 Å². The van der Waals surface area contributed by atoms with Crippen LogP contribution in [0, 0.1) is 6.92 Å². The van der Waals surface area contributed by atoms with E-state index in [1.54, 1.807) is 0 Å². The Bertz CT molecular complexity index is 355. The summed E-state index contributed by atoms with van der Waals surface area (Å²) in [7, 11) is 2.02. The molecule has 0 fully saturated rings. The molecule has 0 unspecified atom stereocenters. The number of pyridine rings is 1. The van der Waals surface area contributed by atoms with Crippen molar-refractivity contribution in [1.82, 2.24) is 4.98 Å². The molecular formula is C13H21ClN2O. The van der Waals surface area contributed by atoms with E-state index >= 15 is 0 Å². The summed E-state index contributed by atoms with van der Waals surface area (Å²) < 4.78 is 5.52. The maximum atomic E-state index is 5.81. The number of aryl methyl sites for hydroxylation is 1. The lowest BCUT2D eigenvalue weighted by molar-refractivity contribution is 0.0845. The van der Waals surface area contributed by atoms with E-state index in [1.807, 2.05) is 40.0 Å². The molecular weight excluding hydrogens is 236 g/mol. The van der Waals surface area contributed by atoms with Gasteiger partial charge < -0.3 is 9.64 Å². The van der Waals surface area contributed by atoms with Crippen LogP contribution in [0.2, 0.25) is 0 Å². The van der Waals surface area contributed by atoms with Crippen LogP contribution < -0.4 is 4.90 Å². The van der Waals surface area contributed by atoms with Crippen molar-refractivity contribution >= 4 is 17.4 Å². The third-order valence-electron chi connectivity index (χ3n) is 2.59. The standard InChI is InChI=1S/C13H21ClN2O/c1-10(2)17-8-7-16(4)13-6-5-12(9-14)11(3)15-13/h5-6,10H,7-9H2,1-4H3. The Morgan fingerprint density at radius 3 is 2.65 bits per heavy atom. The molecule has 0 aliphatic carbocycles. The summed E-state index contributed by atoms with van der Waals surface area (Å²) in [6.45, 7) is 7.62. The maximum Gasteiger partial charge on any atom is 0.128 e. The van der Waals surface area contributed by atoms with Crippen LogP contribution in [0.25, 0.3) is 0 Å². The predicted molar refractivity (Wildman–Crippen MR) is 72.9 cm³/mol. The van der Waals surface area contributed by atoms with E-state index in [0.717, 1.165) is 23.6 Å². The Morgan fingerprint density at radius 1 is 1.41 bits per heavy atom. The van der Waals surface area contributed by atoms with Crippen molar-refractivity contribution in [2.24, 2.45) is 0 Å². The highest BCUT2D eigenvalue weighted by Gasteiger charge is 2.05. The number of nitrogens with zero attached hydrogens (tertiary/aromatic N) is 2. The average Bonchev–Trinajstić information content (AvgIpc) is 2.28. The van der Waals surface area contributed by atoms with Crippen LogP contribution >= 0.6 is 11.6 Å². The van der Waals surface area contributed by atoms with E-state index < -0.39 is 0 Å². The van der Waals surface area contributed by atoms with E-state index in [2.05, 4.69) is 9.88 Å². The van der Waals surface area contributed by atoms with Gasteiger partial charge in [0, 0.05) is 25.2 Å². The van der Waals surface area contributed by atoms with Crippen LogP contribution in [0.15, 0.2) is 12.1 Å². The van der Waals surface area contributed by atoms with Crippen molar-refractivity contribution in [3.05, 3.63) is 23.4 Å². The molecule has 0 aliphatic rings. The largest absolute Gasteiger partial charge is 0.377 e. The van der Waals surface area contributed by atoms with Gasteiger partial charge in [0.15, 0.2) is 0 Å². The summed E-state index contributed by atoms with van der Waals surface area (Å²) in [6, 6.07) is 4.03. The molecule has 0 saturated carbocycles. The number of ether oxygens (including phenoxy) is 1. The van der Waals surface area contributed by atoms with Gasteiger partial charge in [0.25, 0.3) is 0 Å². The zero-order valence-corrected chi connectivity index (χ0v) is 11.8. The normalized spacial score (nSPS) is 10.9. The minimum absolute atomic E-state index is 0.275. The third kappa shape index (κ3) is 4.52. The molecule has 1 aromatic rings. The minimum atomic E-state index is 0.275. The quantitative estimate of drug-likeness (QED) is 0.732. The molecule has 0 radical (unpaired) electrons. The molecule has 0 spiro atoms. The van der Waals surface area contributed by atoms with Crippen LogP contribution in [-0.2, 0) is 10.6 Å². The first-order valence-corrected chi connectivity index (χ1v) is 6.43. The molecule has 0 amide bonds. The number of aromatic nitrogens is 1. The Hall–Kier alpha value is -0.800. The fourth-order valence-electron chi connectivity index (χ4n) is 1.47. The first-order chi connectivity index (χ1) is 8.04. The maximum absolute atomic E-state index is 5.81. The molecule has 3 nitrogen and oxygen atoms in total. The third-order valence-corrected chi connectivity index (χ3v) is 2.88. The van der Waals surface area contributed by atoms with Crippen LogP contribution in [-0.4, -0.2) is 31.3 Å².